The number of carboxylic acid groups (broad SMARTS) is 1. The Hall–Kier alpha value is -2.61. The van der Waals surface area contributed by atoms with Crippen LogP contribution in [0.25, 0.3) is 0 Å². The molecule has 2 N–H and O–H groups in total. The Bertz CT molecular complexity index is 790. The van der Waals surface area contributed by atoms with Gasteiger partial charge in [-0.05, 0) is 36.8 Å². The van der Waals surface area contributed by atoms with Crippen molar-refractivity contribution in [2.24, 2.45) is 5.10 Å². The van der Waals surface area contributed by atoms with Crippen molar-refractivity contribution in [3.63, 3.8) is 0 Å². The van der Waals surface area contributed by atoms with Crippen molar-refractivity contribution in [3.8, 4) is 0 Å². The van der Waals surface area contributed by atoms with E-state index in [1.807, 2.05) is 0 Å². The Morgan fingerprint density at radius 3 is 2.70 bits per heavy atom. The summed E-state index contributed by atoms with van der Waals surface area (Å²) in [5.74, 6) is -1.00. The van der Waals surface area contributed by atoms with Gasteiger partial charge in [-0.1, -0.05) is 12.1 Å². The predicted molar refractivity (Wildman–Crippen MR) is 74.8 cm³/mol. The maximum Gasteiger partial charge on any atom is 0.335 e. The van der Waals surface area contributed by atoms with Gasteiger partial charge in [0.15, 0.2) is 0 Å². The first-order valence-corrected chi connectivity index (χ1v) is 5.96. The Morgan fingerprint density at radius 2 is 2.10 bits per heavy atom. The van der Waals surface area contributed by atoms with Crippen LogP contribution in [0.4, 0.5) is 0 Å². The van der Waals surface area contributed by atoms with E-state index >= 15 is 0 Å². The summed E-state index contributed by atoms with van der Waals surface area (Å²) in [7, 11) is 0. The summed E-state index contributed by atoms with van der Waals surface area (Å²) in [5.41, 5.74) is 0.659. The van der Waals surface area contributed by atoms with Crippen LogP contribution in [0, 0.1) is 11.7 Å². The van der Waals surface area contributed by atoms with Gasteiger partial charge in [0.1, 0.15) is 5.69 Å². The van der Waals surface area contributed by atoms with Gasteiger partial charge in [0.2, 0.25) is 4.77 Å². The number of nitrogens with one attached hydrogen (secondary N) is 1. The highest BCUT2D eigenvalue weighted by Crippen LogP contribution is 2.02. The minimum Gasteiger partial charge on any atom is -0.478 e. The Balaban J connectivity index is 2.35. The second-order valence-electron chi connectivity index (χ2n) is 3.90. The van der Waals surface area contributed by atoms with Crippen molar-refractivity contribution in [1.82, 2.24) is 14.9 Å². The summed E-state index contributed by atoms with van der Waals surface area (Å²) in [6.45, 7) is 1.54. The van der Waals surface area contributed by atoms with Crippen LogP contribution in [-0.2, 0) is 0 Å². The minimum atomic E-state index is -1.00. The van der Waals surface area contributed by atoms with Gasteiger partial charge in [0.05, 0.1) is 11.8 Å². The third-order valence-corrected chi connectivity index (χ3v) is 2.76. The SMILES string of the molecule is Cc1n[nH]c(=S)n(/N=C\c2ccc(C(=O)O)cc2)c1=O. The molecule has 0 saturated carbocycles. The molecule has 2 aromatic rings. The van der Waals surface area contributed by atoms with E-state index in [4.69, 9.17) is 17.3 Å². The molecule has 1 aromatic heterocycles. The summed E-state index contributed by atoms with van der Waals surface area (Å²) in [6.07, 6.45) is 1.41. The number of aryl methyl sites for hydroxylation is 1. The summed E-state index contributed by atoms with van der Waals surface area (Å²) < 4.78 is 1.10. The molecule has 0 aliphatic rings. The first kappa shape index (κ1) is 13.8. The van der Waals surface area contributed by atoms with Crippen LogP contribution >= 0.6 is 12.2 Å². The quantitative estimate of drug-likeness (QED) is 0.653. The zero-order valence-corrected chi connectivity index (χ0v) is 11.2. The largest absolute Gasteiger partial charge is 0.478 e. The normalized spacial score (nSPS) is 10.8. The molecular formula is C12H10N4O3S. The lowest BCUT2D eigenvalue weighted by molar-refractivity contribution is 0.0697. The summed E-state index contributed by atoms with van der Waals surface area (Å²) in [5, 5.41) is 19.0. The number of H-pyrrole nitrogens is 1. The fourth-order valence-electron chi connectivity index (χ4n) is 1.41. The zero-order valence-electron chi connectivity index (χ0n) is 10.4. The molecule has 0 bridgehead atoms. The molecule has 0 saturated heterocycles. The highest BCUT2D eigenvalue weighted by molar-refractivity contribution is 7.71. The molecule has 102 valence electrons. The van der Waals surface area contributed by atoms with Crippen molar-refractivity contribution >= 4 is 24.4 Å². The third-order valence-electron chi connectivity index (χ3n) is 2.49. The van der Waals surface area contributed by atoms with E-state index in [1.54, 1.807) is 19.1 Å². The molecule has 0 radical (unpaired) electrons. The van der Waals surface area contributed by atoms with E-state index < -0.39 is 11.5 Å². The number of benzene rings is 1. The van der Waals surface area contributed by atoms with Crippen molar-refractivity contribution in [2.45, 2.75) is 6.92 Å². The number of hydrogen-bond acceptors (Lipinski definition) is 5. The molecule has 0 aliphatic carbocycles. The smallest absolute Gasteiger partial charge is 0.335 e. The lowest BCUT2D eigenvalue weighted by Crippen LogP contribution is -2.22. The van der Waals surface area contributed by atoms with E-state index in [9.17, 15) is 9.59 Å². The molecule has 0 aliphatic heterocycles. The van der Waals surface area contributed by atoms with Crippen LogP contribution in [-0.4, -0.2) is 32.2 Å². The molecule has 0 fully saturated rings. The van der Waals surface area contributed by atoms with Gasteiger partial charge in [0.25, 0.3) is 5.56 Å². The van der Waals surface area contributed by atoms with E-state index in [2.05, 4.69) is 15.3 Å². The highest BCUT2D eigenvalue weighted by Gasteiger charge is 2.02. The van der Waals surface area contributed by atoms with Crippen LogP contribution in [0.3, 0.4) is 0 Å². The van der Waals surface area contributed by atoms with Crippen molar-refractivity contribution < 1.29 is 9.90 Å². The number of carboxylic acids is 1. The number of aromatic amines is 1. The monoisotopic (exact) mass is 290 g/mol. The molecule has 2 rings (SSSR count). The molecule has 0 atom stereocenters. The summed E-state index contributed by atoms with van der Waals surface area (Å²) in [6, 6.07) is 6.06. The molecule has 1 aromatic carbocycles. The highest BCUT2D eigenvalue weighted by atomic mass is 32.1. The fraction of sp³-hybridized carbons (Fsp3) is 0.0833. The average molecular weight is 290 g/mol. The Morgan fingerprint density at radius 1 is 1.45 bits per heavy atom. The van der Waals surface area contributed by atoms with Gasteiger partial charge in [0, 0.05) is 0 Å². The van der Waals surface area contributed by atoms with Crippen molar-refractivity contribution in [3.05, 3.63) is 56.2 Å². The summed E-state index contributed by atoms with van der Waals surface area (Å²) in [4.78, 5) is 22.5. The molecule has 20 heavy (non-hydrogen) atoms. The second-order valence-corrected chi connectivity index (χ2v) is 4.29. The lowest BCUT2D eigenvalue weighted by Gasteiger charge is -1.99. The third kappa shape index (κ3) is 2.86. The molecule has 0 amide bonds. The molecule has 1 heterocycles. The molecule has 0 spiro atoms. The van der Waals surface area contributed by atoms with Crippen molar-refractivity contribution in [1.29, 1.82) is 0 Å². The van der Waals surface area contributed by atoms with Gasteiger partial charge in [-0.2, -0.15) is 14.9 Å². The van der Waals surface area contributed by atoms with Crippen LogP contribution in [0.15, 0.2) is 34.2 Å². The number of aromatic nitrogens is 3. The first-order chi connectivity index (χ1) is 9.49. The topological polar surface area (TPSA) is 100 Å². The van der Waals surface area contributed by atoms with Gasteiger partial charge in [-0.3, -0.25) is 9.89 Å². The molecule has 7 nitrogen and oxygen atoms in total. The minimum absolute atomic E-state index is 0.0824. The van der Waals surface area contributed by atoms with Gasteiger partial charge >= 0.3 is 5.97 Å². The predicted octanol–water partition coefficient (Wildman–Crippen LogP) is 1.19. The second kappa shape index (κ2) is 5.57. The van der Waals surface area contributed by atoms with Crippen LogP contribution in [0.2, 0.25) is 0 Å². The fourth-order valence-corrected chi connectivity index (χ4v) is 1.59. The number of aromatic carboxylic acids is 1. The number of carbonyl (C=O) groups is 1. The summed E-state index contributed by atoms with van der Waals surface area (Å²) >= 11 is 4.92. The number of hydrogen-bond donors (Lipinski definition) is 2. The van der Waals surface area contributed by atoms with E-state index in [0.29, 0.717) is 5.56 Å². The standard InChI is InChI=1S/C12H10N4O3S/c1-7-10(17)16(12(20)15-14-7)13-6-8-2-4-9(5-3-8)11(18)19/h2-6H,1H3,(H,15,20)(H,18,19)/b13-6-. The molecule has 0 unspecified atom stereocenters. The maximum atomic E-state index is 11.8. The van der Waals surface area contributed by atoms with Gasteiger partial charge in [-0.25, -0.2) is 4.79 Å². The maximum absolute atomic E-state index is 11.8. The van der Waals surface area contributed by atoms with Crippen LogP contribution in [0.1, 0.15) is 21.6 Å². The van der Waals surface area contributed by atoms with E-state index in [-0.39, 0.29) is 16.0 Å². The lowest BCUT2D eigenvalue weighted by atomic mass is 10.1. The van der Waals surface area contributed by atoms with Crippen LogP contribution in [0.5, 0.6) is 0 Å². The van der Waals surface area contributed by atoms with Crippen LogP contribution < -0.4 is 5.56 Å². The van der Waals surface area contributed by atoms with Gasteiger partial charge in [-0.15, -0.1) is 0 Å². The Labute approximate surface area is 118 Å². The Kier molecular flexibility index (Phi) is 3.85. The average Bonchev–Trinajstić information content (AvgIpc) is 2.43. The zero-order chi connectivity index (χ0) is 14.7. The van der Waals surface area contributed by atoms with E-state index in [1.165, 1.54) is 18.3 Å². The molecule has 8 heteroatoms. The van der Waals surface area contributed by atoms with E-state index in [0.717, 1.165) is 4.68 Å². The number of rotatable bonds is 3. The van der Waals surface area contributed by atoms with Gasteiger partial charge < -0.3 is 5.11 Å². The van der Waals surface area contributed by atoms with Crippen molar-refractivity contribution in [2.75, 3.05) is 0 Å². The molecular weight excluding hydrogens is 280 g/mol. The first-order valence-electron chi connectivity index (χ1n) is 5.55. The number of nitrogens with zero attached hydrogens (tertiary/aromatic N) is 3.